The van der Waals surface area contributed by atoms with Gasteiger partial charge < -0.3 is 9.88 Å². The smallest absolute Gasteiger partial charge is 0.109 e. The van der Waals surface area contributed by atoms with Crippen LogP contribution in [-0.2, 0) is 13.5 Å². The molecule has 1 heterocycles. The van der Waals surface area contributed by atoms with Gasteiger partial charge in [-0.1, -0.05) is 29.8 Å². The van der Waals surface area contributed by atoms with Crippen molar-refractivity contribution in [2.45, 2.75) is 19.4 Å². The van der Waals surface area contributed by atoms with Crippen molar-refractivity contribution >= 4 is 11.6 Å². The van der Waals surface area contributed by atoms with E-state index in [1.54, 1.807) is 0 Å². The van der Waals surface area contributed by atoms with E-state index in [2.05, 4.69) is 23.3 Å². The maximum atomic E-state index is 6.17. The predicted molar refractivity (Wildman–Crippen MR) is 74.8 cm³/mol. The molecule has 0 bridgehead atoms. The van der Waals surface area contributed by atoms with Gasteiger partial charge in [0.2, 0.25) is 0 Å². The molecule has 1 aromatic heterocycles. The summed E-state index contributed by atoms with van der Waals surface area (Å²) in [4.78, 5) is 4.30. The third-order valence-corrected chi connectivity index (χ3v) is 3.44. The van der Waals surface area contributed by atoms with Crippen molar-refractivity contribution in [3.63, 3.8) is 0 Å². The monoisotopic (exact) mass is 263 g/mol. The Morgan fingerprint density at radius 3 is 2.83 bits per heavy atom. The van der Waals surface area contributed by atoms with E-state index in [9.17, 15) is 0 Å². The van der Waals surface area contributed by atoms with Gasteiger partial charge in [-0.3, -0.25) is 0 Å². The Balaban J connectivity index is 1.87. The number of nitrogens with one attached hydrogen (secondary N) is 1. The Labute approximate surface area is 113 Å². The van der Waals surface area contributed by atoms with Gasteiger partial charge >= 0.3 is 0 Å². The second kappa shape index (κ2) is 6.03. The van der Waals surface area contributed by atoms with Crippen molar-refractivity contribution in [3.05, 3.63) is 53.1 Å². The molecule has 0 radical (unpaired) electrons. The van der Waals surface area contributed by atoms with Crippen LogP contribution >= 0.6 is 11.6 Å². The molecule has 0 aliphatic rings. The number of aryl methyl sites for hydroxylation is 1. The first-order valence-electron chi connectivity index (χ1n) is 6.12. The van der Waals surface area contributed by atoms with E-state index in [-0.39, 0.29) is 6.04 Å². The summed E-state index contributed by atoms with van der Waals surface area (Å²) in [6.07, 6.45) is 4.71. The average molecular weight is 264 g/mol. The standard InChI is InChI=1S/C14H18ClN3/c1-11(12-5-3-4-6-13(12)15)16-8-7-14-17-9-10-18(14)2/h3-6,9-11,16H,7-8H2,1-2H3/t11-/m0/s1. The lowest BCUT2D eigenvalue weighted by Crippen LogP contribution is -2.22. The molecule has 1 atom stereocenters. The highest BCUT2D eigenvalue weighted by Gasteiger charge is 2.08. The number of aromatic nitrogens is 2. The minimum absolute atomic E-state index is 0.249. The van der Waals surface area contributed by atoms with Crippen LogP contribution in [0.2, 0.25) is 5.02 Å². The van der Waals surface area contributed by atoms with E-state index in [1.807, 2.05) is 42.2 Å². The lowest BCUT2D eigenvalue weighted by atomic mass is 10.1. The molecule has 4 heteroatoms. The second-order valence-corrected chi connectivity index (χ2v) is 4.81. The summed E-state index contributed by atoms with van der Waals surface area (Å²) in [5.74, 6) is 1.09. The Kier molecular flexibility index (Phi) is 4.39. The van der Waals surface area contributed by atoms with Crippen LogP contribution in [-0.4, -0.2) is 16.1 Å². The molecule has 0 amide bonds. The summed E-state index contributed by atoms with van der Waals surface area (Å²) >= 11 is 6.17. The molecule has 96 valence electrons. The molecule has 0 aliphatic carbocycles. The number of halogens is 1. The van der Waals surface area contributed by atoms with Crippen LogP contribution in [0.15, 0.2) is 36.7 Å². The van der Waals surface area contributed by atoms with Crippen LogP contribution in [0.3, 0.4) is 0 Å². The molecule has 0 spiro atoms. The molecular weight excluding hydrogens is 246 g/mol. The van der Waals surface area contributed by atoms with Crippen molar-refractivity contribution in [3.8, 4) is 0 Å². The van der Waals surface area contributed by atoms with Gasteiger partial charge in [0.15, 0.2) is 0 Å². The van der Waals surface area contributed by atoms with Gasteiger partial charge in [0.1, 0.15) is 5.82 Å². The van der Waals surface area contributed by atoms with E-state index in [0.29, 0.717) is 0 Å². The van der Waals surface area contributed by atoms with Gasteiger partial charge in [-0.25, -0.2) is 4.98 Å². The molecule has 0 aliphatic heterocycles. The third kappa shape index (κ3) is 3.12. The molecule has 0 saturated heterocycles. The van der Waals surface area contributed by atoms with Crippen LogP contribution in [0.4, 0.5) is 0 Å². The number of hydrogen-bond acceptors (Lipinski definition) is 2. The van der Waals surface area contributed by atoms with Crippen molar-refractivity contribution in [2.24, 2.45) is 7.05 Å². The number of rotatable bonds is 5. The maximum absolute atomic E-state index is 6.17. The quantitative estimate of drug-likeness (QED) is 0.899. The summed E-state index contributed by atoms with van der Waals surface area (Å²) in [7, 11) is 2.01. The molecule has 0 unspecified atom stereocenters. The molecule has 18 heavy (non-hydrogen) atoms. The predicted octanol–water partition coefficient (Wildman–Crippen LogP) is 2.97. The molecule has 1 aromatic carbocycles. The lowest BCUT2D eigenvalue weighted by Gasteiger charge is -2.15. The van der Waals surface area contributed by atoms with Crippen LogP contribution in [0.5, 0.6) is 0 Å². The summed E-state index contributed by atoms with van der Waals surface area (Å²) in [5, 5.41) is 4.28. The molecular formula is C14H18ClN3. The van der Waals surface area contributed by atoms with Crippen LogP contribution < -0.4 is 5.32 Å². The fourth-order valence-electron chi connectivity index (χ4n) is 1.97. The molecule has 1 N–H and O–H groups in total. The molecule has 2 aromatic rings. The highest BCUT2D eigenvalue weighted by Crippen LogP contribution is 2.21. The highest BCUT2D eigenvalue weighted by molar-refractivity contribution is 6.31. The minimum Gasteiger partial charge on any atom is -0.338 e. The van der Waals surface area contributed by atoms with Gasteiger partial charge in [-0.05, 0) is 18.6 Å². The van der Waals surface area contributed by atoms with Crippen molar-refractivity contribution in [1.29, 1.82) is 0 Å². The van der Waals surface area contributed by atoms with Crippen LogP contribution in [0, 0.1) is 0 Å². The summed E-state index contributed by atoms with van der Waals surface area (Å²) in [6.45, 7) is 3.01. The Morgan fingerprint density at radius 2 is 2.17 bits per heavy atom. The first-order chi connectivity index (χ1) is 8.68. The van der Waals surface area contributed by atoms with Gasteiger partial charge in [0.05, 0.1) is 0 Å². The number of nitrogens with zero attached hydrogens (tertiary/aromatic N) is 2. The third-order valence-electron chi connectivity index (χ3n) is 3.09. The molecule has 0 saturated carbocycles. The van der Waals surface area contributed by atoms with Crippen molar-refractivity contribution < 1.29 is 0 Å². The summed E-state index contributed by atoms with van der Waals surface area (Å²) in [6, 6.07) is 8.19. The van der Waals surface area contributed by atoms with E-state index < -0.39 is 0 Å². The normalized spacial score (nSPS) is 12.6. The van der Waals surface area contributed by atoms with Gasteiger partial charge in [-0.2, -0.15) is 0 Å². The van der Waals surface area contributed by atoms with E-state index in [4.69, 9.17) is 11.6 Å². The summed E-state index contributed by atoms with van der Waals surface area (Å²) < 4.78 is 2.04. The highest BCUT2D eigenvalue weighted by atomic mass is 35.5. The SMILES string of the molecule is C[C@H](NCCc1nccn1C)c1ccccc1Cl. The minimum atomic E-state index is 0.249. The first-order valence-corrected chi connectivity index (χ1v) is 6.50. The van der Waals surface area contributed by atoms with Gasteiger partial charge in [0, 0.05) is 43.5 Å². The van der Waals surface area contributed by atoms with Crippen LogP contribution in [0.1, 0.15) is 24.4 Å². The van der Waals surface area contributed by atoms with Crippen LogP contribution in [0.25, 0.3) is 0 Å². The summed E-state index contributed by atoms with van der Waals surface area (Å²) in [5.41, 5.74) is 1.14. The second-order valence-electron chi connectivity index (χ2n) is 4.40. The van der Waals surface area contributed by atoms with Gasteiger partial charge in [-0.15, -0.1) is 0 Å². The maximum Gasteiger partial charge on any atom is 0.109 e. The Hall–Kier alpha value is -1.32. The van der Waals surface area contributed by atoms with E-state index in [1.165, 1.54) is 0 Å². The molecule has 2 rings (SSSR count). The Bertz CT molecular complexity index is 507. The van der Waals surface area contributed by atoms with Gasteiger partial charge in [0.25, 0.3) is 0 Å². The lowest BCUT2D eigenvalue weighted by molar-refractivity contribution is 0.565. The zero-order valence-electron chi connectivity index (χ0n) is 10.7. The largest absolute Gasteiger partial charge is 0.338 e. The molecule has 3 nitrogen and oxygen atoms in total. The zero-order valence-corrected chi connectivity index (χ0v) is 11.5. The number of benzene rings is 1. The fraction of sp³-hybridized carbons (Fsp3) is 0.357. The van der Waals surface area contributed by atoms with Crippen molar-refractivity contribution in [1.82, 2.24) is 14.9 Å². The first kappa shape index (κ1) is 13.1. The fourth-order valence-corrected chi connectivity index (χ4v) is 2.27. The van der Waals surface area contributed by atoms with E-state index >= 15 is 0 Å². The Morgan fingerprint density at radius 1 is 1.39 bits per heavy atom. The number of imidazole rings is 1. The molecule has 0 fully saturated rings. The zero-order chi connectivity index (χ0) is 13.0. The number of hydrogen-bond donors (Lipinski definition) is 1. The average Bonchev–Trinajstić information content (AvgIpc) is 2.75. The van der Waals surface area contributed by atoms with E-state index in [0.717, 1.165) is 29.4 Å². The van der Waals surface area contributed by atoms with Crippen molar-refractivity contribution in [2.75, 3.05) is 6.54 Å². The topological polar surface area (TPSA) is 29.9 Å².